The summed E-state index contributed by atoms with van der Waals surface area (Å²) in [5.41, 5.74) is 0. The Morgan fingerprint density at radius 2 is 0.761 bits per heavy atom. The Bertz CT molecular complexity index is 595. The van der Waals surface area contributed by atoms with Gasteiger partial charge in [-0.1, -0.05) is 219 Å². The Balaban J connectivity index is 3.17. The molecule has 2 heteroatoms. The number of carbonyl (C=O) groups is 1. The summed E-state index contributed by atoms with van der Waals surface area (Å²) in [6.45, 7) is 7.59. The van der Waals surface area contributed by atoms with Crippen LogP contribution in [0.5, 0.6) is 0 Å². The Morgan fingerprint density at radius 3 is 1.15 bits per heavy atom. The van der Waals surface area contributed by atoms with Crippen molar-refractivity contribution in [3.8, 4) is 0 Å². The maximum Gasteiger partial charge on any atom is 0.305 e. The third-order valence-electron chi connectivity index (χ3n) is 9.83. The Hall–Kier alpha value is -0.790. The quantitative estimate of drug-likeness (QED) is 0.0377. The molecule has 0 aromatic carbocycles. The zero-order valence-electron chi connectivity index (χ0n) is 32.2. The number of ether oxygens (including phenoxy) is 1. The van der Waals surface area contributed by atoms with Crippen LogP contribution in [0.15, 0.2) is 12.2 Å². The van der Waals surface area contributed by atoms with Gasteiger partial charge in [0.05, 0.1) is 6.61 Å². The summed E-state index contributed by atoms with van der Waals surface area (Å²) in [4.78, 5) is 12.0. The van der Waals surface area contributed by atoms with Gasteiger partial charge in [-0.2, -0.15) is 0 Å². The Morgan fingerprint density at radius 1 is 0.435 bits per heavy atom. The van der Waals surface area contributed by atoms with Gasteiger partial charge in [-0.05, 0) is 44.4 Å². The van der Waals surface area contributed by atoms with E-state index in [1.54, 1.807) is 0 Å². The SMILES string of the molecule is CCCCCCCC/C=C\CCCCCCCC(=O)OCCCCCCCCCCCCCCCCCCCCCCCC(C)C. The van der Waals surface area contributed by atoms with Gasteiger partial charge in [0.15, 0.2) is 0 Å². The van der Waals surface area contributed by atoms with Gasteiger partial charge in [-0.3, -0.25) is 4.79 Å². The molecule has 0 aliphatic rings. The van der Waals surface area contributed by atoms with E-state index < -0.39 is 0 Å². The van der Waals surface area contributed by atoms with Gasteiger partial charge in [-0.15, -0.1) is 0 Å². The lowest BCUT2D eigenvalue weighted by Crippen LogP contribution is -2.05. The summed E-state index contributed by atoms with van der Waals surface area (Å²) < 4.78 is 5.46. The molecule has 0 aromatic heterocycles. The highest BCUT2D eigenvalue weighted by Crippen LogP contribution is 2.16. The minimum Gasteiger partial charge on any atom is -0.466 e. The van der Waals surface area contributed by atoms with Crippen molar-refractivity contribution in [2.45, 2.75) is 252 Å². The molecule has 0 spiro atoms. The van der Waals surface area contributed by atoms with E-state index >= 15 is 0 Å². The fourth-order valence-corrected chi connectivity index (χ4v) is 6.61. The second-order valence-electron chi connectivity index (χ2n) is 15.2. The molecule has 0 radical (unpaired) electrons. The normalized spacial score (nSPS) is 11.7. The molecule has 274 valence electrons. The van der Waals surface area contributed by atoms with Crippen LogP contribution in [0.2, 0.25) is 0 Å². The molecule has 0 aromatic rings. The summed E-state index contributed by atoms with van der Waals surface area (Å²) >= 11 is 0. The van der Waals surface area contributed by atoms with Crippen molar-refractivity contribution in [2.24, 2.45) is 5.92 Å². The summed E-state index contributed by atoms with van der Waals surface area (Å²) in [7, 11) is 0. The van der Waals surface area contributed by atoms with Gasteiger partial charge in [0.2, 0.25) is 0 Å². The van der Waals surface area contributed by atoms with Gasteiger partial charge in [0.25, 0.3) is 0 Å². The first-order valence-corrected chi connectivity index (χ1v) is 21.5. The minimum absolute atomic E-state index is 0.0196. The molecule has 0 heterocycles. The van der Waals surface area contributed by atoms with E-state index in [0.29, 0.717) is 13.0 Å². The smallest absolute Gasteiger partial charge is 0.305 e. The highest BCUT2D eigenvalue weighted by Gasteiger charge is 2.03. The highest BCUT2D eigenvalue weighted by molar-refractivity contribution is 5.69. The lowest BCUT2D eigenvalue weighted by Gasteiger charge is -2.06. The zero-order valence-corrected chi connectivity index (χ0v) is 32.2. The average molecular weight is 647 g/mol. The van der Waals surface area contributed by atoms with Crippen molar-refractivity contribution in [1.29, 1.82) is 0 Å². The van der Waals surface area contributed by atoms with Crippen LogP contribution in [0.25, 0.3) is 0 Å². The van der Waals surface area contributed by atoms with Crippen molar-refractivity contribution in [3.63, 3.8) is 0 Å². The number of unbranched alkanes of at least 4 members (excludes halogenated alkanes) is 31. The molecule has 0 N–H and O–H groups in total. The first-order chi connectivity index (χ1) is 22.7. The number of esters is 1. The van der Waals surface area contributed by atoms with Crippen LogP contribution in [-0.4, -0.2) is 12.6 Å². The van der Waals surface area contributed by atoms with Crippen molar-refractivity contribution >= 4 is 5.97 Å². The predicted molar refractivity (Wildman–Crippen MR) is 207 cm³/mol. The molecule has 0 aliphatic heterocycles. The molecule has 2 nitrogen and oxygen atoms in total. The standard InChI is InChI=1S/C44H86O2/c1-4-5-6-7-8-9-10-11-19-23-26-29-32-35-38-41-44(45)46-42-39-36-33-30-27-24-21-18-16-14-12-13-15-17-20-22-25-28-31-34-37-40-43(2)3/h11,19,43H,4-10,12-18,20-42H2,1-3H3/b19-11-. The molecule has 46 heavy (non-hydrogen) atoms. The molecular weight excluding hydrogens is 560 g/mol. The van der Waals surface area contributed by atoms with Gasteiger partial charge in [0, 0.05) is 6.42 Å². The number of carbonyl (C=O) groups excluding carboxylic acids is 1. The van der Waals surface area contributed by atoms with Gasteiger partial charge in [-0.25, -0.2) is 0 Å². The monoisotopic (exact) mass is 647 g/mol. The first kappa shape index (κ1) is 45.2. The summed E-state index contributed by atoms with van der Waals surface area (Å²) in [6.07, 6.45) is 53.1. The van der Waals surface area contributed by atoms with E-state index in [-0.39, 0.29) is 5.97 Å². The van der Waals surface area contributed by atoms with E-state index in [4.69, 9.17) is 4.74 Å². The van der Waals surface area contributed by atoms with Gasteiger partial charge >= 0.3 is 5.97 Å². The maximum atomic E-state index is 12.0. The van der Waals surface area contributed by atoms with Crippen molar-refractivity contribution in [2.75, 3.05) is 6.61 Å². The molecule has 0 bridgehead atoms. The molecular formula is C44H86O2. The largest absolute Gasteiger partial charge is 0.466 e. The Kier molecular flexibility index (Phi) is 39.7. The predicted octanol–water partition coefficient (Wildman–Crippen LogP) is 15.8. The number of hydrogen-bond acceptors (Lipinski definition) is 2. The number of rotatable bonds is 39. The molecule has 0 saturated heterocycles. The Labute approximate surface area is 291 Å². The van der Waals surface area contributed by atoms with Crippen LogP contribution in [0, 0.1) is 5.92 Å². The maximum absolute atomic E-state index is 12.0. The van der Waals surface area contributed by atoms with Gasteiger partial charge in [0.1, 0.15) is 0 Å². The van der Waals surface area contributed by atoms with Crippen LogP contribution in [0.1, 0.15) is 252 Å². The topological polar surface area (TPSA) is 26.3 Å². The minimum atomic E-state index is 0.0196. The van der Waals surface area contributed by atoms with Crippen LogP contribution in [-0.2, 0) is 9.53 Å². The summed E-state index contributed by atoms with van der Waals surface area (Å²) in [6, 6.07) is 0. The van der Waals surface area contributed by atoms with Crippen LogP contribution < -0.4 is 0 Å². The van der Waals surface area contributed by atoms with Crippen LogP contribution >= 0.6 is 0 Å². The molecule has 0 unspecified atom stereocenters. The molecule has 0 saturated carbocycles. The van der Waals surface area contributed by atoms with E-state index in [1.807, 2.05) is 0 Å². The van der Waals surface area contributed by atoms with Crippen molar-refractivity contribution in [1.82, 2.24) is 0 Å². The van der Waals surface area contributed by atoms with E-state index in [0.717, 1.165) is 25.2 Å². The second kappa shape index (κ2) is 40.4. The third-order valence-corrected chi connectivity index (χ3v) is 9.83. The summed E-state index contributed by atoms with van der Waals surface area (Å²) in [5.74, 6) is 0.904. The van der Waals surface area contributed by atoms with Crippen LogP contribution in [0.4, 0.5) is 0 Å². The molecule has 0 atom stereocenters. The lowest BCUT2D eigenvalue weighted by atomic mass is 10.0. The molecule has 0 fully saturated rings. The van der Waals surface area contributed by atoms with Gasteiger partial charge < -0.3 is 4.74 Å². The third kappa shape index (κ3) is 41.2. The molecule has 0 aliphatic carbocycles. The molecule has 0 amide bonds. The number of allylic oxidation sites excluding steroid dienone is 2. The second-order valence-corrected chi connectivity index (χ2v) is 15.2. The van der Waals surface area contributed by atoms with Crippen molar-refractivity contribution in [3.05, 3.63) is 12.2 Å². The highest BCUT2D eigenvalue weighted by atomic mass is 16.5. The average Bonchev–Trinajstić information content (AvgIpc) is 3.04. The first-order valence-electron chi connectivity index (χ1n) is 21.5. The van der Waals surface area contributed by atoms with Crippen LogP contribution in [0.3, 0.4) is 0 Å². The molecule has 0 rings (SSSR count). The lowest BCUT2D eigenvalue weighted by molar-refractivity contribution is -0.143. The zero-order chi connectivity index (χ0) is 33.4. The van der Waals surface area contributed by atoms with E-state index in [2.05, 4.69) is 32.9 Å². The number of hydrogen-bond donors (Lipinski definition) is 0. The van der Waals surface area contributed by atoms with E-state index in [1.165, 1.54) is 205 Å². The van der Waals surface area contributed by atoms with E-state index in [9.17, 15) is 4.79 Å². The fraction of sp³-hybridized carbons (Fsp3) is 0.932. The fourth-order valence-electron chi connectivity index (χ4n) is 6.61. The van der Waals surface area contributed by atoms with Crippen molar-refractivity contribution < 1.29 is 9.53 Å². The summed E-state index contributed by atoms with van der Waals surface area (Å²) in [5, 5.41) is 0.